The van der Waals surface area contributed by atoms with E-state index >= 15 is 0 Å². The number of guanidine groups is 1. The lowest BCUT2D eigenvalue weighted by atomic mass is 11.1. The summed E-state index contributed by atoms with van der Waals surface area (Å²) in [6.07, 6.45) is 0. The molecule has 7 nitrogen and oxygen atoms in total. The molecule has 0 aliphatic rings. The Bertz CT molecular complexity index is 542. The largest absolute Gasteiger partial charge is 0.518 e. The van der Waals surface area contributed by atoms with Crippen molar-refractivity contribution < 1.29 is 43.2 Å². The Kier molecular flexibility index (Phi) is 4.14. The number of nitrogens with one attached hydrogen (secondary N) is 1. The Morgan fingerprint density at radius 1 is 0.944 bits per heavy atom. The third-order valence-electron chi connectivity index (χ3n) is 1.05. The minimum absolute atomic E-state index is 0.320. The first-order valence-corrected chi connectivity index (χ1v) is 6.28. The van der Waals surface area contributed by atoms with E-state index in [9.17, 15) is 43.2 Å². The molecule has 0 heterocycles. The van der Waals surface area contributed by atoms with Gasteiger partial charge in [0.1, 0.15) is 0 Å². The summed E-state index contributed by atoms with van der Waals surface area (Å²) in [5.74, 6) is -2.09. The lowest BCUT2D eigenvalue weighted by molar-refractivity contribution is -0.0443. The quantitative estimate of drug-likeness (QED) is 0.407. The zero-order valence-electron chi connectivity index (χ0n) is 7.74. The number of nitrogens with two attached hydrogens (primary N) is 1. The molecule has 15 heteroatoms. The molecule has 0 spiro atoms. The van der Waals surface area contributed by atoms with Crippen LogP contribution in [0.25, 0.3) is 0 Å². The van der Waals surface area contributed by atoms with Crippen LogP contribution in [0.3, 0.4) is 0 Å². The van der Waals surface area contributed by atoms with Crippen LogP contribution in [-0.2, 0) is 20.0 Å². The molecule has 0 saturated carbocycles. The van der Waals surface area contributed by atoms with Gasteiger partial charge in [0.2, 0.25) is 5.96 Å². The average molecular weight is 323 g/mol. The predicted octanol–water partition coefficient (Wildman–Crippen LogP) is -0.410. The van der Waals surface area contributed by atoms with E-state index < -0.39 is 37.0 Å². The topological polar surface area (TPSA) is 119 Å². The maximum absolute atomic E-state index is 11.7. The van der Waals surface area contributed by atoms with Gasteiger partial charge in [-0.25, -0.2) is 4.72 Å². The van der Waals surface area contributed by atoms with Crippen LogP contribution < -0.4 is 10.5 Å². The van der Waals surface area contributed by atoms with Crippen LogP contribution >= 0.6 is 0 Å². The van der Waals surface area contributed by atoms with E-state index in [1.807, 2.05) is 0 Å². The van der Waals surface area contributed by atoms with Crippen LogP contribution in [0, 0.1) is 0 Å². The number of hydrogen-bond acceptors (Lipinski definition) is 4. The fourth-order valence-corrected chi connectivity index (χ4v) is 1.30. The SMILES string of the molecule is NC(=NS(=O)(=O)C(F)(F)F)NS(=O)(=O)C(F)(F)F. The second-order valence-electron chi connectivity index (χ2n) is 2.45. The number of nitrogens with zero attached hydrogens (tertiary/aromatic N) is 1. The molecule has 0 unspecified atom stereocenters. The fraction of sp³-hybridized carbons (Fsp3) is 0.667. The van der Waals surface area contributed by atoms with Crippen molar-refractivity contribution in [2.75, 3.05) is 0 Å². The number of alkyl halides is 6. The average Bonchev–Trinajstić information content (AvgIpc) is 1.95. The van der Waals surface area contributed by atoms with Gasteiger partial charge in [-0.2, -0.15) is 43.2 Å². The maximum Gasteiger partial charge on any atom is 0.518 e. The van der Waals surface area contributed by atoms with Gasteiger partial charge in [0.05, 0.1) is 0 Å². The molecular formula is C3H3F6N3O4S2. The van der Waals surface area contributed by atoms with Crippen molar-refractivity contribution in [1.82, 2.24) is 4.72 Å². The normalized spacial score (nSPS) is 15.6. The van der Waals surface area contributed by atoms with Crippen molar-refractivity contribution in [2.45, 2.75) is 11.0 Å². The van der Waals surface area contributed by atoms with Gasteiger partial charge < -0.3 is 5.73 Å². The first kappa shape index (κ1) is 16.8. The molecule has 0 fully saturated rings. The molecule has 0 radical (unpaired) electrons. The Hall–Kier alpha value is -1.25. The summed E-state index contributed by atoms with van der Waals surface area (Å²) in [7, 11) is -12.4. The smallest absolute Gasteiger partial charge is 0.368 e. The van der Waals surface area contributed by atoms with E-state index in [4.69, 9.17) is 0 Å². The Morgan fingerprint density at radius 2 is 1.33 bits per heavy atom. The Labute approximate surface area is 95.8 Å². The van der Waals surface area contributed by atoms with Crippen LogP contribution in [0.2, 0.25) is 0 Å². The van der Waals surface area contributed by atoms with Gasteiger partial charge in [-0.15, -0.1) is 4.40 Å². The van der Waals surface area contributed by atoms with Gasteiger partial charge in [-0.3, -0.25) is 0 Å². The lowest BCUT2D eigenvalue weighted by Gasteiger charge is -2.10. The summed E-state index contributed by atoms with van der Waals surface area (Å²) in [5.41, 5.74) is -7.50. The molecule has 18 heavy (non-hydrogen) atoms. The second-order valence-corrected chi connectivity index (χ2v) is 5.72. The first-order chi connectivity index (χ1) is 7.60. The fourth-order valence-electron chi connectivity index (χ4n) is 0.395. The summed E-state index contributed by atoms with van der Waals surface area (Å²) in [6.45, 7) is 0. The molecular weight excluding hydrogens is 320 g/mol. The van der Waals surface area contributed by atoms with Crippen molar-refractivity contribution in [2.24, 2.45) is 10.1 Å². The van der Waals surface area contributed by atoms with E-state index in [0.29, 0.717) is 4.72 Å². The first-order valence-electron chi connectivity index (χ1n) is 3.36. The second kappa shape index (κ2) is 4.45. The molecule has 0 amide bonds. The van der Waals surface area contributed by atoms with Crippen LogP contribution in [0.4, 0.5) is 26.3 Å². The van der Waals surface area contributed by atoms with Gasteiger partial charge in [0.15, 0.2) is 0 Å². The van der Waals surface area contributed by atoms with Crippen LogP contribution in [0.1, 0.15) is 0 Å². The monoisotopic (exact) mass is 323 g/mol. The van der Waals surface area contributed by atoms with Crippen molar-refractivity contribution >= 4 is 26.0 Å². The minimum Gasteiger partial charge on any atom is -0.368 e. The standard InChI is InChI=1S/C3H3F6N3O4S2/c4-2(5,6)17(13,14)11-1(10)12-18(15,16)3(7,8)9/h(H3,10,11,12). The van der Waals surface area contributed by atoms with Crippen molar-refractivity contribution in [3.63, 3.8) is 0 Å². The van der Waals surface area contributed by atoms with Crippen molar-refractivity contribution in [3.8, 4) is 0 Å². The predicted molar refractivity (Wildman–Crippen MR) is 44.7 cm³/mol. The molecule has 0 aromatic carbocycles. The van der Waals surface area contributed by atoms with E-state index in [1.165, 1.54) is 0 Å². The zero-order chi connectivity index (χ0) is 15.0. The molecule has 0 rings (SSSR count). The van der Waals surface area contributed by atoms with Gasteiger partial charge in [0.25, 0.3) is 0 Å². The zero-order valence-corrected chi connectivity index (χ0v) is 9.37. The van der Waals surface area contributed by atoms with Gasteiger partial charge in [0, 0.05) is 0 Å². The molecule has 0 saturated heterocycles. The van der Waals surface area contributed by atoms with Crippen LogP contribution in [0.15, 0.2) is 4.40 Å². The van der Waals surface area contributed by atoms with E-state index in [0.717, 1.165) is 0 Å². The van der Waals surface area contributed by atoms with Gasteiger partial charge in [-0.05, 0) is 0 Å². The highest BCUT2D eigenvalue weighted by Crippen LogP contribution is 2.25. The number of halogens is 6. The van der Waals surface area contributed by atoms with E-state index in [-0.39, 0.29) is 0 Å². The number of sulfonamides is 2. The molecule has 0 aliphatic carbocycles. The lowest BCUT2D eigenvalue weighted by Crippen LogP contribution is -2.44. The molecule has 3 N–H and O–H groups in total. The van der Waals surface area contributed by atoms with Crippen molar-refractivity contribution in [1.29, 1.82) is 0 Å². The van der Waals surface area contributed by atoms with Crippen LogP contribution in [-0.4, -0.2) is 33.8 Å². The summed E-state index contributed by atoms with van der Waals surface area (Å²) in [5, 5.41) is 0. The maximum atomic E-state index is 11.7. The molecule has 0 aromatic rings. The highest BCUT2D eigenvalue weighted by Gasteiger charge is 2.48. The van der Waals surface area contributed by atoms with Crippen molar-refractivity contribution in [3.05, 3.63) is 0 Å². The minimum atomic E-state index is -6.25. The molecule has 0 aliphatic heterocycles. The van der Waals surface area contributed by atoms with E-state index in [2.05, 4.69) is 5.73 Å². The summed E-state index contributed by atoms with van der Waals surface area (Å²) in [4.78, 5) is 0. The summed E-state index contributed by atoms with van der Waals surface area (Å²) >= 11 is 0. The molecule has 0 aromatic heterocycles. The van der Waals surface area contributed by atoms with Gasteiger partial charge in [-0.1, -0.05) is 0 Å². The van der Waals surface area contributed by atoms with Crippen LogP contribution in [0.5, 0.6) is 0 Å². The van der Waals surface area contributed by atoms with Gasteiger partial charge >= 0.3 is 31.1 Å². The highest BCUT2D eigenvalue weighted by molar-refractivity contribution is 7.92. The third kappa shape index (κ3) is 3.90. The Morgan fingerprint density at radius 3 is 1.61 bits per heavy atom. The molecule has 0 atom stereocenters. The Balaban J connectivity index is 5.33. The third-order valence-corrected chi connectivity index (χ3v) is 3.16. The number of rotatable bonds is 2. The van der Waals surface area contributed by atoms with E-state index in [1.54, 1.807) is 4.40 Å². The summed E-state index contributed by atoms with van der Waals surface area (Å²) in [6, 6.07) is 0. The molecule has 108 valence electrons. The number of hydrogen-bond donors (Lipinski definition) is 2. The molecule has 0 bridgehead atoms. The summed E-state index contributed by atoms with van der Waals surface area (Å²) < 4.78 is 113. The highest BCUT2D eigenvalue weighted by atomic mass is 32.2.